The fourth-order valence-electron chi connectivity index (χ4n) is 2.61. The van der Waals surface area contributed by atoms with Crippen LogP contribution in [0.2, 0.25) is 0 Å². The van der Waals surface area contributed by atoms with Gasteiger partial charge in [-0.15, -0.1) is 12.4 Å². The topological polar surface area (TPSA) is 55.1 Å². The number of halogens is 1. The van der Waals surface area contributed by atoms with Crippen LogP contribution >= 0.6 is 12.4 Å². The molecule has 0 heterocycles. The summed E-state index contributed by atoms with van der Waals surface area (Å²) >= 11 is 0. The van der Waals surface area contributed by atoms with E-state index in [1.54, 1.807) is 0 Å². The van der Waals surface area contributed by atoms with Crippen LogP contribution in [0.1, 0.15) is 65.7 Å². The number of nitrogens with two attached hydrogens (primary N) is 1. The second-order valence-electron chi connectivity index (χ2n) is 5.84. The van der Waals surface area contributed by atoms with E-state index in [0.717, 1.165) is 38.5 Å². The summed E-state index contributed by atoms with van der Waals surface area (Å²) < 4.78 is 0. The van der Waals surface area contributed by atoms with Crippen LogP contribution < -0.4 is 11.1 Å². The third-order valence-corrected chi connectivity index (χ3v) is 4.03. The van der Waals surface area contributed by atoms with Crippen LogP contribution in [0, 0.1) is 5.92 Å². The van der Waals surface area contributed by atoms with Gasteiger partial charge in [-0.05, 0) is 32.1 Å². The van der Waals surface area contributed by atoms with E-state index in [9.17, 15) is 4.79 Å². The zero-order chi connectivity index (χ0) is 12.9. The minimum atomic E-state index is -0.595. The lowest BCUT2D eigenvalue weighted by atomic mass is 9.81. The van der Waals surface area contributed by atoms with Gasteiger partial charge in [-0.2, -0.15) is 0 Å². The minimum absolute atomic E-state index is 0. The van der Waals surface area contributed by atoms with Gasteiger partial charge >= 0.3 is 0 Å². The molecule has 3 N–H and O–H groups in total. The summed E-state index contributed by atoms with van der Waals surface area (Å²) in [6, 6.07) is 0.236. The van der Waals surface area contributed by atoms with E-state index >= 15 is 0 Å². The lowest BCUT2D eigenvalue weighted by Crippen LogP contribution is -2.56. The van der Waals surface area contributed by atoms with Crippen molar-refractivity contribution in [2.75, 3.05) is 0 Å². The molecule has 18 heavy (non-hydrogen) atoms. The largest absolute Gasteiger partial charge is 0.352 e. The van der Waals surface area contributed by atoms with Gasteiger partial charge in [0.15, 0.2) is 0 Å². The highest BCUT2D eigenvalue weighted by Gasteiger charge is 2.35. The highest BCUT2D eigenvalue weighted by atomic mass is 35.5. The van der Waals surface area contributed by atoms with E-state index in [1.165, 1.54) is 6.42 Å². The van der Waals surface area contributed by atoms with Gasteiger partial charge < -0.3 is 11.1 Å². The van der Waals surface area contributed by atoms with Crippen LogP contribution in [0.4, 0.5) is 0 Å². The summed E-state index contributed by atoms with van der Waals surface area (Å²) in [5.41, 5.74) is 5.61. The van der Waals surface area contributed by atoms with Crippen LogP contribution in [0.25, 0.3) is 0 Å². The fraction of sp³-hybridized carbons (Fsp3) is 0.929. The Morgan fingerprint density at radius 1 is 1.28 bits per heavy atom. The summed E-state index contributed by atoms with van der Waals surface area (Å²) in [7, 11) is 0. The predicted molar refractivity (Wildman–Crippen MR) is 78.9 cm³/mol. The average molecular weight is 277 g/mol. The Kier molecular flexibility index (Phi) is 7.88. The van der Waals surface area contributed by atoms with Crippen molar-refractivity contribution in [3.05, 3.63) is 0 Å². The van der Waals surface area contributed by atoms with Crippen molar-refractivity contribution in [2.45, 2.75) is 77.3 Å². The van der Waals surface area contributed by atoms with Crippen LogP contribution in [0.15, 0.2) is 0 Å². The minimum Gasteiger partial charge on any atom is -0.352 e. The molecule has 1 aliphatic rings. The van der Waals surface area contributed by atoms with E-state index in [1.807, 2.05) is 0 Å². The standard InChI is InChI=1S/C14H28N2O.ClH/c1-4-11(2)10-12(3)16-13(17)14(15)8-6-5-7-9-14;/h11-12H,4-10,15H2,1-3H3,(H,16,17);1H. The van der Waals surface area contributed by atoms with Gasteiger partial charge in [-0.3, -0.25) is 4.79 Å². The summed E-state index contributed by atoms with van der Waals surface area (Å²) in [4.78, 5) is 12.2. The lowest BCUT2D eigenvalue weighted by molar-refractivity contribution is -0.128. The molecule has 4 heteroatoms. The second-order valence-corrected chi connectivity index (χ2v) is 5.84. The first-order valence-corrected chi connectivity index (χ1v) is 7.08. The van der Waals surface area contributed by atoms with E-state index in [4.69, 9.17) is 5.73 Å². The Bertz CT molecular complexity index is 252. The lowest BCUT2D eigenvalue weighted by Gasteiger charge is -2.33. The van der Waals surface area contributed by atoms with Crippen LogP contribution in [0.3, 0.4) is 0 Å². The van der Waals surface area contributed by atoms with E-state index in [2.05, 4.69) is 26.1 Å². The highest BCUT2D eigenvalue weighted by molar-refractivity contribution is 5.86. The van der Waals surface area contributed by atoms with Crippen molar-refractivity contribution in [1.29, 1.82) is 0 Å². The Morgan fingerprint density at radius 3 is 2.33 bits per heavy atom. The zero-order valence-electron chi connectivity index (χ0n) is 12.0. The van der Waals surface area contributed by atoms with Gasteiger partial charge in [0, 0.05) is 6.04 Å². The predicted octanol–water partition coefficient (Wildman–Crippen LogP) is 3.01. The molecule has 0 aromatic rings. The van der Waals surface area contributed by atoms with Gasteiger partial charge in [-0.1, -0.05) is 39.5 Å². The monoisotopic (exact) mass is 276 g/mol. The molecular formula is C14H29ClN2O. The maximum Gasteiger partial charge on any atom is 0.240 e. The first-order valence-electron chi connectivity index (χ1n) is 7.08. The molecule has 1 fully saturated rings. The molecule has 1 saturated carbocycles. The van der Waals surface area contributed by atoms with Crippen molar-refractivity contribution in [3.8, 4) is 0 Å². The SMILES string of the molecule is CCC(C)CC(C)NC(=O)C1(N)CCCCC1.Cl. The molecule has 0 saturated heterocycles. The molecule has 0 radical (unpaired) electrons. The molecule has 1 aliphatic carbocycles. The summed E-state index contributed by atoms with van der Waals surface area (Å²) in [5.74, 6) is 0.721. The first-order chi connectivity index (χ1) is 7.98. The number of carbonyl (C=O) groups excluding carboxylic acids is 1. The molecule has 0 spiro atoms. The number of rotatable bonds is 5. The Morgan fingerprint density at radius 2 is 1.83 bits per heavy atom. The van der Waals surface area contributed by atoms with Crippen molar-refractivity contribution in [3.63, 3.8) is 0 Å². The number of nitrogens with one attached hydrogen (secondary N) is 1. The molecule has 108 valence electrons. The van der Waals surface area contributed by atoms with E-state index < -0.39 is 5.54 Å². The number of hydrogen-bond donors (Lipinski definition) is 2. The molecule has 0 bridgehead atoms. The molecular weight excluding hydrogens is 248 g/mol. The molecule has 1 rings (SSSR count). The molecule has 0 aliphatic heterocycles. The quantitative estimate of drug-likeness (QED) is 0.811. The van der Waals surface area contributed by atoms with Crippen LogP contribution in [-0.4, -0.2) is 17.5 Å². The number of hydrogen-bond acceptors (Lipinski definition) is 2. The first kappa shape index (κ1) is 17.7. The van der Waals surface area contributed by atoms with Crippen molar-refractivity contribution in [2.24, 2.45) is 11.7 Å². The van der Waals surface area contributed by atoms with E-state index in [-0.39, 0.29) is 24.4 Å². The van der Waals surface area contributed by atoms with Gasteiger partial charge in [0.2, 0.25) is 5.91 Å². The number of carbonyl (C=O) groups is 1. The maximum absolute atomic E-state index is 12.2. The molecule has 3 nitrogen and oxygen atoms in total. The van der Waals surface area contributed by atoms with Gasteiger partial charge in [0.1, 0.15) is 0 Å². The van der Waals surface area contributed by atoms with Crippen LogP contribution in [0.5, 0.6) is 0 Å². The van der Waals surface area contributed by atoms with E-state index in [0.29, 0.717) is 5.92 Å². The molecule has 2 unspecified atom stereocenters. The summed E-state index contributed by atoms with van der Waals surface area (Å²) in [6.07, 6.45) is 7.28. The third-order valence-electron chi connectivity index (χ3n) is 4.03. The van der Waals surface area contributed by atoms with Crippen LogP contribution in [-0.2, 0) is 4.79 Å². The molecule has 0 aromatic heterocycles. The zero-order valence-corrected chi connectivity index (χ0v) is 12.8. The van der Waals surface area contributed by atoms with Crippen molar-refractivity contribution >= 4 is 18.3 Å². The highest BCUT2D eigenvalue weighted by Crippen LogP contribution is 2.26. The van der Waals surface area contributed by atoms with Crippen molar-refractivity contribution < 1.29 is 4.79 Å². The molecule has 0 aromatic carbocycles. The Hall–Kier alpha value is -0.280. The molecule has 2 atom stereocenters. The Balaban J connectivity index is 0.00000289. The Labute approximate surface area is 118 Å². The van der Waals surface area contributed by atoms with Crippen molar-refractivity contribution in [1.82, 2.24) is 5.32 Å². The van der Waals surface area contributed by atoms with Gasteiger partial charge in [0.25, 0.3) is 0 Å². The van der Waals surface area contributed by atoms with Gasteiger partial charge in [0.05, 0.1) is 5.54 Å². The average Bonchev–Trinajstić information content (AvgIpc) is 2.29. The summed E-state index contributed by atoms with van der Waals surface area (Å²) in [6.45, 7) is 6.49. The smallest absolute Gasteiger partial charge is 0.240 e. The number of amides is 1. The normalized spacial score (nSPS) is 21.6. The van der Waals surface area contributed by atoms with Gasteiger partial charge in [-0.25, -0.2) is 0 Å². The fourth-order valence-corrected chi connectivity index (χ4v) is 2.61. The third kappa shape index (κ3) is 5.15. The summed E-state index contributed by atoms with van der Waals surface area (Å²) in [5, 5.41) is 3.09. The second kappa shape index (κ2) is 8.00. The molecule has 1 amide bonds. The maximum atomic E-state index is 12.2.